The number of amides is 1. The van der Waals surface area contributed by atoms with Gasteiger partial charge in [-0.3, -0.25) is 4.79 Å². The number of carbonyl (C=O) groups is 1. The molecule has 2 aromatic heterocycles. The van der Waals surface area contributed by atoms with Crippen LogP contribution >= 0.6 is 0 Å². The Labute approximate surface area is 219 Å². The second-order valence-corrected chi connectivity index (χ2v) is 9.22. The van der Waals surface area contributed by atoms with Crippen LogP contribution in [0.4, 0.5) is 11.5 Å². The van der Waals surface area contributed by atoms with Gasteiger partial charge >= 0.3 is 0 Å². The number of nitrogens with one attached hydrogen (secondary N) is 1. The molecule has 4 aromatic rings. The minimum atomic E-state index is -0.0655. The van der Waals surface area contributed by atoms with Gasteiger partial charge in [0.05, 0.1) is 7.11 Å². The summed E-state index contributed by atoms with van der Waals surface area (Å²) in [5, 5.41) is 16.3. The van der Waals surface area contributed by atoms with Crippen molar-refractivity contribution >= 4 is 23.1 Å². The number of carbonyl (C=O) groups excluding carboxylic acids is 1. The van der Waals surface area contributed by atoms with Crippen molar-refractivity contribution in [3.8, 4) is 17.2 Å². The fourth-order valence-corrected chi connectivity index (χ4v) is 4.71. The van der Waals surface area contributed by atoms with Crippen LogP contribution in [0.3, 0.4) is 0 Å². The maximum atomic E-state index is 12.5. The van der Waals surface area contributed by atoms with Crippen molar-refractivity contribution < 1.29 is 19.0 Å². The predicted octanol–water partition coefficient (Wildman–Crippen LogP) is 2.44. The number of nitrogens with zero attached hydrogens (tertiary/aromatic N) is 6. The first kappa shape index (κ1) is 23.8. The summed E-state index contributed by atoms with van der Waals surface area (Å²) in [6, 6.07) is 17.7. The number of piperazine rings is 1. The van der Waals surface area contributed by atoms with E-state index < -0.39 is 0 Å². The summed E-state index contributed by atoms with van der Waals surface area (Å²) in [5.41, 5.74) is 2.78. The van der Waals surface area contributed by atoms with Crippen LogP contribution in [-0.4, -0.2) is 65.8 Å². The zero-order chi connectivity index (χ0) is 25.9. The molecule has 1 saturated heterocycles. The number of aryl methyl sites for hydroxylation is 1. The molecular formula is C27H29N7O4. The van der Waals surface area contributed by atoms with Crippen LogP contribution in [0.15, 0.2) is 54.6 Å². The molecule has 38 heavy (non-hydrogen) atoms. The molecule has 0 spiro atoms. The van der Waals surface area contributed by atoms with Gasteiger partial charge in [0.2, 0.25) is 12.7 Å². The third-order valence-electron chi connectivity index (χ3n) is 6.84. The van der Waals surface area contributed by atoms with E-state index >= 15 is 0 Å². The Bertz CT molecular complexity index is 1450. The lowest BCUT2D eigenvalue weighted by molar-refractivity contribution is -0.121. The quantitative estimate of drug-likeness (QED) is 0.379. The second kappa shape index (κ2) is 10.4. The molecule has 0 atom stereocenters. The molecule has 11 heteroatoms. The molecule has 1 N–H and O–H groups in total. The fraction of sp³-hybridized carbons (Fsp3) is 0.333. The number of fused-ring (bicyclic) bond motifs is 2. The maximum Gasteiger partial charge on any atom is 0.231 e. The van der Waals surface area contributed by atoms with E-state index in [9.17, 15) is 4.79 Å². The normalized spacial score (nSPS) is 14.7. The average Bonchev–Trinajstić information content (AvgIpc) is 3.61. The molecule has 0 bridgehead atoms. The average molecular weight is 516 g/mol. The number of hydrogen-bond acceptors (Lipinski definition) is 9. The summed E-state index contributed by atoms with van der Waals surface area (Å²) in [4.78, 5) is 17.1. The van der Waals surface area contributed by atoms with Crippen molar-refractivity contribution in [2.24, 2.45) is 0 Å². The van der Waals surface area contributed by atoms with Crippen molar-refractivity contribution in [2.75, 3.05) is 49.9 Å². The number of hydrogen-bond donors (Lipinski definition) is 1. The molecule has 0 radical (unpaired) electrons. The summed E-state index contributed by atoms with van der Waals surface area (Å²) >= 11 is 0. The number of anilines is 2. The molecule has 196 valence electrons. The van der Waals surface area contributed by atoms with E-state index in [0.717, 1.165) is 54.7 Å². The molecular weight excluding hydrogens is 486 g/mol. The van der Waals surface area contributed by atoms with E-state index in [0.29, 0.717) is 30.2 Å². The van der Waals surface area contributed by atoms with Crippen molar-refractivity contribution in [2.45, 2.75) is 19.4 Å². The van der Waals surface area contributed by atoms with Crippen molar-refractivity contribution in [3.05, 3.63) is 66.0 Å². The van der Waals surface area contributed by atoms with Gasteiger partial charge in [-0.05, 0) is 42.0 Å². The highest BCUT2D eigenvalue weighted by atomic mass is 16.7. The molecule has 6 rings (SSSR count). The minimum absolute atomic E-state index is 0.0655. The van der Waals surface area contributed by atoms with E-state index in [-0.39, 0.29) is 19.1 Å². The molecule has 0 unspecified atom stereocenters. The molecule has 2 aliphatic heterocycles. The lowest BCUT2D eigenvalue weighted by Gasteiger charge is -2.36. The van der Waals surface area contributed by atoms with Gasteiger partial charge in [0, 0.05) is 57.3 Å². The first-order valence-electron chi connectivity index (χ1n) is 12.7. The topological polar surface area (TPSA) is 106 Å². The van der Waals surface area contributed by atoms with E-state index in [4.69, 9.17) is 19.3 Å². The van der Waals surface area contributed by atoms with E-state index in [1.165, 1.54) is 0 Å². The maximum absolute atomic E-state index is 12.5. The highest BCUT2D eigenvalue weighted by Crippen LogP contribution is 2.32. The highest BCUT2D eigenvalue weighted by Gasteiger charge is 2.20. The Kier molecular flexibility index (Phi) is 6.55. The highest BCUT2D eigenvalue weighted by molar-refractivity contribution is 5.76. The van der Waals surface area contributed by atoms with Crippen LogP contribution in [0.5, 0.6) is 17.2 Å². The molecule has 4 heterocycles. The largest absolute Gasteiger partial charge is 0.497 e. The van der Waals surface area contributed by atoms with Crippen LogP contribution < -0.4 is 29.3 Å². The molecule has 0 saturated carbocycles. The Morgan fingerprint density at radius 2 is 1.82 bits per heavy atom. The zero-order valence-corrected chi connectivity index (χ0v) is 21.2. The van der Waals surface area contributed by atoms with Crippen LogP contribution in [0.25, 0.3) is 5.65 Å². The Morgan fingerprint density at radius 3 is 2.68 bits per heavy atom. The van der Waals surface area contributed by atoms with Crippen molar-refractivity contribution in [1.82, 2.24) is 25.1 Å². The van der Waals surface area contributed by atoms with Gasteiger partial charge in [-0.1, -0.05) is 12.1 Å². The molecule has 2 aromatic carbocycles. The predicted molar refractivity (Wildman–Crippen MR) is 141 cm³/mol. The molecule has 11 nitrogen and oxygen atoms in total. The second-order valence-electron chi connectivity index (χ2n) is 9.22. The fourth-order valence-electron chi connectivity index (χ4n) is 4.71. The van der Waals surface area contributed by atoms with E-state index in [1.54, 1.807) is 11.6 Å². The van der Waals surface area contributed by atoms with Gasteiger partial charge in [0.15, 0.2) is 23.0 Å². The minimum Gasteiger partial charge on any atom is -0.497 e. The third kappa shape index (κ3) is 4.99. The molecule has 0 aliphatic carbocycles. The number of aromatic nitrogens is 4. The van der Waals surface area contributed by atoms with Gasteiger partial charge in [0.1, 0.15) is 11.6 Å². The van der Waals surface area contributed by atoms with Crippen LogP contribution in [0, 0.1) is 0 Å². The van der Waals surface area contributed by atoms with E-state index in [2.05, 4.69) is 37.4 Å². The van der Waals surface area contributed by atoms with Crippen LogP contribution in [0.2, 0.25) is 0 Å². The number of benzene rings is 2. The summed E-state index contributed by atoms with van der Waals surface area (Å²) < 4.78 is 17.8. The van der Waals surface area contributed by atoms with Crippen molar-refractivity contribution in [1.29, 1.82) is 0 Å². The summed E-state index contributed by atoms with van der Waals surface area (Å²) in [6.07, 6.45) is 0.727. The number of rotatable bonds is 8. The zero-order valence-electron chi connectivity index (χ0n) is 21.2. The van der Waals surface area contributed by atoms with Gasteiger partial charge in [-0.2, -0.15) is 4.52 Å². The SMILES string of the molecule is COc1cccc(N2CCN(c3ccc4nnc(CCC(=O)NCc5ccc6c(c5)OCO6)n4n3)CC2)c1. The third-order valence-corrected chi connectivity index (χ3v) is 6.84. The first-order valence-corrected chi connectivity index (χ1v) is 12.7. The van der Waals surface area contributed by atoms with Crippen LogP contribution in [-0.2, 0) is 17.8 Å². The monoisotopic (exact) mass is 515 g/mol. The molecule has 1 amide bonds. The summed E-state index contributed by atoms with van der Waals surface area (Å²) in [6.45, 7) is 4.09. The van der Waals surface area contributed by atoms with Gasteiger partial charge < -0.3 is 29.3 Å². The van der Waals surface area contributed by atoms with Gasteiger partial charge in [0.25, 0.3) is 0 Å². The lowest BCUT2D eigenvalue weighted by Crippen LogP contribution is -2.47. The molecule has 1 fully saturated rings. The van der Waals surface area contributed by atoms with Crippen molar-refractivity contribution in [3.63, 3.8) is 0 Å². The smallest absolute Gasteiger partial charge is 0.231 e. The van der Waals surface area contributed by atoms with Gasteiger partial charge in [-0.25, -0.2) is 0 Å². The standard InChI is InChI=1S/C27H29N7O4/c1-36-21-4-2-3-20(16-21)32-11-13-33(14-12-32)26-8-7-24-29-30-25(34(24)31-26)9-10-27(35)28-17-19-5-6-22-23(15-19)38-18-37-22/h2-8,15-16H,9-14,17-18H2,1H3,(H,28,35). The summed E-state index contributed by atoms with van der Waals surface area (Å²) in [7, 11) is 1.69. The number of methoxy groups -OCH3 is 1. The lowest BCUT2D eigenvalue weighted by atomic mass is 10.2. The Hall–Kier alpha value is -4.54. The van der Waals surface area contributed by atoms with Gasteiger partial charge in [-0.15, -0.1) is 15.3 Å². The molecule has 2 aliphatic rings. The Balaban J connectivity index is 1.05. The number of ether oxygens (including phenoxy) is 3. The van der Waals surface area contributed by atoms with E-state index in [1.807, 2.05) is 42.5 Å². The first-order chi connectivity index (χ1) is 18.7. The van der Waals surface area contributed by atoms with Crippen LogP contribution in [0.1, 0.15) is 17.8 Å². The summed E-state index contributed by atoms with van der Waals surface area (Å²) in [5.74, 6) is 3.76. The Morgan fingerprint density at radius 1 is 0.974 bits per heavy atom.